The highest BCUT2D eigenvalue weighted by atomic mass is 79.9. The molecule has 3 nitrogen and oxygen atoms in total. The third kappa shape index (κ3) is 6.61. The first-order valence-corrected chi connectivity index (χ1v) is 6.67. The minimum absolute atomic E-state index is 0.682. The van der Waals surface area contributed by atoms with Crippen LogP contribution in [0.2, 0.25) is 0 Å². The van der Waals surface area contributed by atoms with E-state index in [1.807, 2.05) is 12.1 Å². The molecule has 0 unspecified atom stereocenters. The first kappa shape index (κ1) is 14.4. The van der Waals surface area contributed by atoms with E-state index >= 15 is 0 Å². The van der Waals surface area contributed by atoms with Crippen LogP contribution < -0.4 is 10.6 Å². The minimum atomic E-state index is 0.682. The van der Waals surface area contributed by atoms with Crippen molar-refractivity contribution in [2.75, 3.05) is 20.3 Å². The van der Waals surface area contributed by atoms with Crippen LogP contribution in [0.3, 0.4) is 0 Å². The highest BCUT2D eigenvalue weighted by Gasteiger charge is 1.96. The van der Waals surface area contributed by atoms with Gasteiger partial charge in [0.05, 0.1) is 0 Å². The molecule has 0 aliphatic heterocycles. The minimum Gasteiger partial charge on any atom is -0.385 e. The summed E-state index contributed by atoms with van der Waals surface area (Å²) in [6.07, 6.45) is 0.954. The summed E-state index contributed by atoms with van der Waals surface area (Å²) in [7, 11) is 1.70. The van der Waals surface area contributed by atoms with Crippen LogP contribution in [0.5, 0.6) is 0 Å². The summed E-state index contributed by atoms with van der Waals surface area (Å²) in [5.74, 6) is 0. The maximum absolute atomic E-state index is 5.16. The Morgan fingerprint density at radius 2 is 2.24 bits per heavy atom. The lowest BCUT2D eigenvalue weighted by molar-refractivity contribution is 0.195. The first-order valence-electron chi connectivity index (χ1n) is 5.47. The third-order valence-electron chi connectivity index (χ3n) is 2.15. The van der Waals surface area contributed by atoms with E-state index in [0.717, 1.165) is 30.6 Å². The van der Waals surface area contributed by atoms with Crippen molar-refractivity contribution in [3.63, 3.8) is 0 Å². The molecule has 2 N–H and O–H groups in total. The lowest BCUT2D eigenvalue weighted by Crippen LogP contribution is -2.35. The Labute approximate surface area is 116 Å². The van der Waals surface area contributed by atoms with Crippen molar-refractivity contribution in [3.8, 4) is 0 Å². The summed E-state index contributed by atoms with van der Waals surface area (Å²) in [5, 5.41) is 6.97. The van der Waals surface area contributed by atoms with Crippen LogP contribution in [0.15, 0.2) is 28.7 Å². The van der Waals surface area contributed by atoms with E-state index in [1.165, 1.54) is 5.56 Å². The summed E-state index contributed by atoms with van der Waals surface area (Å²) in [5.41, 5.74) is 1.19. The number of hydrogen-bond donors (Lipinski definition) is 2. The van der Waals surface area contributed by atoms with E-state index in [0.29, 0.717) is 5.11 Å². The first-order chi connectivity index (χ1) is 8.22. The Balaban J connectivity index is 2.19. The van der Waals surface area contributed by atoms with Gasteiger partial charge in [-0.25, -0.2) is 0 Å². The van der Waals surface area contributed by atoms with Crippen molar-refractivity contribution >= 4 is 33.3 Å². The fourth-order valence-electron chi connectivity index (χ4n) is 1.31. The van der Waals surface area contributed by atoms with E-state index in [4.69, 9.17) is 17.0 Å². The molecule has 1 aromatic carbocycles. The number of ether oxygens (including phenoxy) is 1. The molecule has 0 heterocycles. The van der Waals surface area contributed by atoms with Crippen LogP contribution >= 0.6 is 28.1 Å². The van der Waals surface area contributed by atoms with Crippen molar-refractivity contribution in [1.29, 1.82) is 0 Å². The Kier molecular flexibility index (Phi) is 7.16. The van der Waals surface area contributed by atoms with Gasteiger partial charge in [-0.2, -0.15) is 0 Å². The standard InChI is InChI=1S/C12H17BrN2OS/c1-16-7-3-6-14-12(17)15-9-10-4-2-5-11(13)8-10/h2,4-5,8H,3,6-7,9H2,1H3,(H2,14,15,17). The van der Waals surface area contributed by atoms with Gasteiger partial charge in [-0.1, -0.05) is 28.1 Å². The maximum Gasteiger partial charge on any atom is 0.166 e. The molecule has 0 atom stereocenters. The van der Waals surface area contributed by atoms with Gasteiger partial charge in [0, 0.05) is 31.3 Å². The van der Waals surface area contributed by atoms with E-state index in [2.05, 4.69) is 38.7 Å². The number of nitrogens with one attached hydrogen (secondary N) is 2. The zero-order valence-electron chi connectivity index (χ0n) is 9.83. The maximum atomic E-state index is 5.16. The summed E-state index contributed by atoms with van der Waals surface area (Å²) in [6, 6.07) is 8.15. The molecule has 0 radical (unpaired) electrons. The second-order valence-corrected chi connectivity index (χ2v) is 4.91. The van der Waals surface area contributed by atoms with Crippen LogP contribution in [-0.4, -0.2) is 25.4 Å². The van der Waals surface area contributed by atoms with Crippen molar-refractivity contribution < 1.29 is 4.74 Å². The second kappa shape index (κ2) is 8.44. The SMILES string of the molecule is COCCCNC(=S)NCc1cccc(Br)c1. The molecule has 0 aromatic heterocycles. The number of thiocarbonyl (C=S) groups is 1. The number of rotatable bonds is 6. The number of halogens is 1. The summed E-state index contributed by atoms with van der Waals surface area (Å²) >= 11 is 8.60. The largest absolute Gasteiger partial charge is 0.385 e. The second-order valence-electron chi connectivity index (χ2n) is 3.59. The Bertz CT molecular complexity index is 360. The summed E-state index contributed by atoms with van der Waals surface area (Å²) in [6.45, 7) is 2.31. The quantitative estimate of drug-likeness (QED) is 0.624. The van der Waals surface area contributed by atoms with Crippen LogP contribution in [0, 0.1) is 0 Å². The Morgan fingerprint density at radius 1 is 1.41 bits per heavy atom. The highest BCUT2D eigenvalue weighted by molar-refractivity contribution is 9.10. The average molecular weight is 317 g/mol. The molecule has 5 heteroatoms. The Hall–Kier alpha value is -0.650. The van der Waals surface area contributed by atoms with Crippen LogP contribution in [0.25, 0.3) is 0 Å². The van der Waals surface area contributed by atoms with E-state index in [1.54, 1.807) is 7.11 Å². The molecule has 0 bridgehead atoms. The van der Waals surface area contributed by atoms with Gasteiger partial charge in [0.1, 0.15) is 0 Å². The lowest BCUT2D eigenvalue weighted by Gasteiger charge is -2.10. The Morgan fingerprint density at radius 3 is 2.94 bits per heavy atom. The van der Waals surface area contributed by atoms with Gasteiger partial charge >= 0.3 is 0 Å². The van der Waals surface area contributed by atoms with Gasteiger partial charge in [0.2, 0.25) is 0 Å². The summed E-state index contributed by atoms with van der Waals surface area (Å²) < 4.78 is 6.04. The van der Waals surface area contributed by atoms with Gasteiger partial charge in [-0.05, 0) is 36.3 Å². The number of benzene rings is 1. The smallest absolute Gasteiger partial charge is 0.166 e. The highest BCUT2D eigenvalue weighted by Crippen LogP contribution is 2.11. The van der Waals surface area contributed by atoms with E-state index in [-0.39, 0.29) is 0 Å². The molecule has 17 heavy (non-hydrogen) atoms. The van der Waals surface area contributed by atoms with Crippen molar-refractivity contribution in [2.24, 2.45) is 0 Å². The summed E-state index contributed by atoms with van der Waals surface area (Å²) in [4.78, 5) is 0. The van der Waals surface area contributed by atoms with Gasteiger partial charge in [0.25, 0.3) is 0 Å². The monoisotopic (exact) mass is 316 g/mol. The molecule has 0 amide bonds. The molecule has 0 aliphatic rings. The fourth-order valence-corrected chi connectivity index (χ4v) is 1.93. The molecule has 1 rings (SSSR count). The normalized spacial score (nSPS) is 10.0. The van der Waals surface area contributed by atoms with Gasteiger partial charge in [-0.3, -0.25) is 0 Å². The molecule has 0 spiro atoms. The third-order valence-corrected chi connectivity index (χ3v) is 2.93. The molecular weight excluding hydrogens is 300 g/mol. The van der Waals surface area contributed by atoms with Crippen LogP contribution in [0.1, 0.15) is 12.0 Å². The zero-order valence-corrected chi connectivity index (χ0v) is 12.2. The van der Waals surface area contributed by atoms with Gasteiger partial charge in [0.15, 0.2) is 5.11 Å². The predicted molar refractivity (Wildman–Crippen MR) is 78.1 cm³/mol. The van der Waals surface area contributed by atoms with Crippen molar-refractivity contribution in [1.82, 2.24) is 10.6 Å². The molecule has 0 saturated carbocycles. The van der Waals surface area contributed by atoms with E-state index < -0.39 is 0 Å². The molecule has 94 valence electrons. The topological polar surface area (TPSA) is 33.3 Å². The van der Waals surface area contributed by atoms with Crippen LogP contribution in [0.4, 0.5) is 0 Å². The molecule has 0 aliphatic carbocycles. The van der Waals surface area contributed by atoms with Crippen molar-refractivity contribution in [2.45, 2.75) is 13.0 Å². The molecular formula is C12H17BrN2OS. The number of methoxy groups -OCH3 is 1. The molecule has 0 saturated heterocycles. The fraction of sp³-hybridized carbons (Fsp3) is 0.417. The average Bonchev–Trinajstić information content (AvgIpc) is 2.32. The molecule has 1 aromatic rings. The van der Waals surface area contributed by atoms with Gasteiger partial charge in [-0.15, -0.1) is 0 Å². The van der Waals surface area contributed by atoms with E-state index in [9.17, 15) is 0 Å². The molecule has 0 fully saturated rings. The van der Waals surface area contributed by atoms with Crippen LogP contribution in [-0.2, 0) is 11.3 Å². The lowest BCUT2D eigenvalue weighted by atomic mass is 10.2. The van der Waals surface area contributed by atoms with Gasteiger partial charge < -0.3 is 15.4 Å². The number of hydrogen-bond acceptors (Lipinski definition) is 2. The van der Waals surface area contributed by atoms with Crippen molar-refractivity contribution in [3.05, 3.63) is 34.3 Å². The predicted octanol–water partition coefficient (Wildman–Crippen LogP) is 2.45. The zero-order chi connectivity index (χ0) is 12.5.